The fourth-order valence-corrected chi connectivity index (χ4v) is 1.19. The smallest absolute Gasteiger partial charge is 0.0808 e. The number of rotatable bonds is 3. The van der Waals surface area contributed by atoms with Crippen molar-refractivity contribution in [2.45, 2.75) is 25.4 Å². The van der Waals surface area contributed by atoms with Crippen LogP contribution in [-0.4, -0.2) is 22.9 Å². The van der Waals surface area contributed by atoms with E-state index in [2.05, 4.69) is 6.08 Å². The van der Waals surface area contributed by atoms with Crippen molar-refractivity contribution in [3.8, 4) is 0 Å². The van der Waals surface area contributed by atoms with Crippen molar-refractivity contribution in [3.63, 3.8) is 0 Å². The Bertz CT molecular complexity index is 170. The fraction of sp³-hybridized carbons (Fsp3) is 0.556. The summed E-state index contributed by atoms with van der Waals surface area (Å²) >= 11 is 0. The third kappa shape index (κ3) is 2.87. The van der Waals surface area contributed by atoms with Gasteiger partial charge in [0, 0.05) is 0 Å². The summed E-state index contributed by atoms with van der Waals surface area (Å²) in [7, 11) is 0. The first kappa shape index (κ1) is 8.50. The third-order valence-corrected chi connectivity index (χ3v) is 1.81. The Kier molecular flexibility index (Phi) is 3.33. The third-order valence-electron chi connectivity index (χ3n) is 1.81. The van der Waals surface area contributed by atoms with Crippen LogP contribution in [0.25, 0.3) is 0 Å². The van der Waals surface area contributed by atoms with E-state index in [1.807, 2.05) is 12.2 Å². The van der Waals surface area contributed by atoms with Crippen molar-refractivity contribution in [1.29, 1.82) is 0 Å². The second kappa shape index (κ2) is 4.31. The lowest BCUT2D eigenvalue weighted by Crippen LogP contribution is -2.12. The highest BCUT2D eigenvalue weighted by Crippen LogP contribution is 2.16. The van der Waals surface area contributed by atoms with Crippen LogP contribution < -0.4 is 0 Å². The number of aliphatic hydroxyl groups is 2. The van der Waals surface area contributed by atoms with E-state index in [-0.39, 0.29) is 6.61 Å². The Morgan fingerprint density at radius 1 is 1.55 bits per heavy atom. The second-order valence-electron chi connectivity index (χ2n) is 2.83. The summed E-state index contributed by atoms with van der Waals surface area (Å²) in [6, 6.07) is 0. The van der Waals surface area contributed by atoms with Crippen LogP contribution in [0.3, 0.4) is 0 Å². The van der Waals surface area contributed by atoms with Crippen molar-refractivity contribution >= 4 is 0 Å². The summed E-state index contributed by atoms with van der Waals surface area (Å²) in [6.45, 7) is -0.138. The molecule has 0 aromatic carbocycles. The highest BCUT2D eigenvalue weighted by atomic mass is 16.3. The van der Waals surface area contributed by atoms with Crippen LogP contribution in [0.5, 0.6) is 0 Å². The van der Waals surface area contributed by atoms with Gasteiger partial charge in [-0.25, -0.2) is 0 Å². The molecule has 0 bridgehead atoms. The Labute approximate surface area is 66.9 Å². The summed E-state index contributed by atoms with van der Waals surface area (Å²) in [6.07, 6.45) is 8.24. The Hall–Kier alpha value is -0.600. The van der Waals surface area contributed by atoms with Crippen LogP contribution in [0.4, 0.5) is 0 Å². The molecule has 1 rings (SSSR count). The minimum absolute atomic E-state index is 0.138. The predicted molar refractivity (Wildman–Crippen MR) is 44.2 cm³/mol. The first-order chi connectivity index (χ1) is 5.33. The van der Waals surface area contributed by atoms with Gasteiger partial charge >= 0.3 is 0 Å². The number of hydrogen-bond acceptors (Lipinski definition) is 2. The monoisotopic (exact) mass is 154 g/mol. The lowest BCUT2D eigenvalue weighted by Gasteiger charge is -2.11. The summed E-state index contributed by atoms with van der Waals surface area (Å²) in [5, 5.41) is 17.7. The summed E-state index contributed by atoms with van der Waals surface area (Å²) in [5.74, 6) is 0. The topological polar surface area (TPSA) is 40.5 Å². The zero-order chi connectivity index (χ0) is 8.10. The maximum atomic E-state index is 9.10. The van der Waals surface area contributed by atoms with E-state index in [9.17, 15) is 0 Å². The van der Waals surface area contributed by atoms with E-state index in [0.29, 0.717) is 6.42 Å². The Balaban J connectivity index is 2.35. The highest BCUT2D eigenvalue weighted by molar-refractivity contribution is 5.18. The second-order valence-corrected chi connectivity index (χ2v) is 2.83. The molecule has 2 heteroatoms. The van der Waals surface area contributed by atoms with E-state index >= 15 is 0 Å². The first-order valence-corrected chi connectivity index (χ1v) is 3.96. The van der Waals surface area contributed by atoms with Gasteiger partial charge < -0.3 is 10.2 Å². The molecule has 0 spiro atoms. The molecule has 0 saturated heterocycles. The van der Waals surface area contributed by atoms with Crippen LogP contribution in [0.1, 0.15) is 19.3 Å². The zero-order valence-electron chi connectivity index (χ0n) is 6.53. The predicted octanol–water partition coefficient (Wildman–Crippen LogP) is 1.01. The lowest BCUT2D eigenvalue weighted by atomic mass is 10.00. The fourth-order valence-electron chi connectivity index (χ4n) is 1.19. The van der Waals surface area contributed by atoms with Gasteiger partial charge in [0.15, 0.2) is 0 Å². The average molecular weight is 154 g/mol. The van der Waals surface area contributed by atoms with Crippen LogP contribution in [0, 0.1) is 0 Å². The molecule has 1 aliphatic carbocycles. The van der Waals surface area contributed by atoms with Gasteiger partial charge in [-0.05, 0) is 19.3 Å². The van der Waals surface area contributed by atoms with E-state index in [4.69, 9.17) is 10.2 Å². The number of hydrogen-bond donors (Lipinski definition) is 2. The first-order valence-electron chi connectivity index (χ1n) is 3.96. The minimum atomic E-state index is -0.576. The molecule has 2 nitrogen and oxygen atoms in total. The van der Waals surface area contributed by atoms with Crippen molar-refractivity contribution < 1.29 is 10.2 Å². The molecule has 2 N–H and O–H groups in total. The van der Waals surface area contributed by atoms with Gasteiger partial charge in [-0.15, -0.1) is 0 Å². The van der Waals surface area contributed by atoms with Gasteiger partial charge in [0.1, 0.15) is 0 Å². The highest BCUT2D eigenvalue weighted by Gasteiger charge is 2.06. The van der Waals surface area contributed by atoms with E-state index in [1.165, 1.54) is 5.57 Å². The van der Waals surface area contributed by atoms with Gasteiger partial charge in [0.2, 0.25) is 0 Å². The Morgan fingerprint density at radius 3 is 2.91 bits per heavy atom. The lowest BCUT2D eigenvalue weighted by molar-refractivity contribution is 0.0948. The molecular formula is C9H14O2. The van der Waals surface area contributed by atoms with Crippen LogP contribution >= 0.6 is 0 Å². The normalized spacial score (nSPS) is 19.6. The van der Waals surface area contributed by atoms with Crippen LogP contribution in [0.2, 0.25) is 0 Å². The van der Waals surface area contributed by atoms with Gasteiger partial charge in [0.25, 0.3) is 0 Å². The SMILES string of the molecule is OCC(O)CC1=CC=CCC1. The molecule has 0 heterocycles. The molecule has 0 aromatic heterocycles. The Morgan fingerprint density at radius 2 is 2.36 bits per heavy atom. The zero-order valence-corrected chi connectivity index (χ0v) is 6.53. The number of allylic oxidation sites excluding steroid dienone is 3. The molecule has 62 valence electrons. The van der Waals surface area contributed by atoms with Gasteiger partial charge in [-0.1, -0.05) is 23.8 Å². The quantitative estimate of drug-likeness (QED) is 0.636. The van der Waals surface area contributed by atoms with E-state index in [1.54, 1.807) is 0 Å². The van der Waals surface area contributed by atoms with E-state index < -0.39 is 6.10 Å². The molecule has 1 aliphatic rings. The van der Waals surface area contributed by atoms with Crippen molar-refractivity contribution in [2.24, 2.45) is 0 Å². The molecule has 0 aliphatic heterocycles. The van der Waals surface area contributed by atoms with Gasteiger partial charge in [0.05, 0.1) is 12.7 Å². The molecule has 0 saturated carbocycles. The molecule has 0 fully saturated rings. The molecular weight excluding hydrogens is 140 g/mol. The van der Waals surface area contributed by atoms with Crippen LogP contribution in [0.15, 0.2) is 23.8 Å². The molecule has 1 unspecified atom stereocenters. The standard InChI is InChI=1S/C9H14O2/c10-7-9(11)6-8-4-2-1-3-5-8/h1-2,4,9-11H,3,5-7H2. The van der Waals surface area contributed by atoms with E-state index in [0.717, 1.165) is 12.8 Å². The summed E-state index contributed by atoms with van der Waals surface area (Å²) in [4.78, 5) is 0. The van der Waals surface area contributed by atoms with Crippen molar-refractivity contribution in [2.75, 3.05) is 6.61 Å². The van der Waals surface area contributed by atoms with Crippen molar-refractivity contribution in [3.05, 3.63) is 23.8 Å². The molecule has 1 atom stereocenters. The summed E-state index contributed by atoms with van der Waals surface area (Å²) in [5.41, 5.74) is 1.23. The van der Waals surface area contributed by atoms with Gasteiger partial charge in [-0.3, -0.25) is 0 Å². The maximum absolute atomic E-state index is 9.10. The van der Waals surface area contributed by atoms with Crippen molar-refractivity contribution in [1.82, 2.24) is 0 Å². The largest absolute Gasteiger partial charge is 0.394 e. The number of aliphatic hydroxyl groups excluding tert-OH is 2. The summed E-state index contributed by atoms with van der Waals surface area (Å²) < 4.78 is 0. The molecule has 0 amide bonds. The maximum Gasteiger partial charge on any atom is 0.0808 e. The average Bonchev–Trinajstić information content (AvgIpc) is 2.06. The molecule has 0 radical (unpaired) electrons. The van der Waals surface area contributed by atoms with Gasteiger partial charge in [-0.2, -0.15) is 0 Å². The molecule has 11 heavy (non-hydrogen) atoms. The minimum Gasteiger partial charge on any atom is -0.394 e. The van der Waals surface area contributed by atoms with Crippen LogP contribution in [-0.2, 0) is 0 Å². The molecule has 0 aromatic rings.